The summed E-state index contributed by atoms with van der Waals surface area (Å²) in [7, 11) is 0. The second-order valence-electron chi connectivity index (χ2n) is 4.63. The van der Waals surface area contributed by atoms with Crippen LogP contribution < -0.4 is 5.32 Å². The van der Waals surface area contributed by atoms with Crippen molar-refractivity contribution < 1.29 is 4.79 Å². The van der Waals surface area contributed by atoms with Crippen molar-refractivity contribution >= 4 is 35.0 Å². The molecule has 0 aliphatic heterocycles. The van der Waals surface area contributed by atoms with Crippen molar-refractivity contribution in [3.8, 4) is 5.69 Å². The molecular formula is C16H13ClN4OS. The lowest BCUT2D eigenvalue weighted by atomic mass is 10.2. The van der Waals surface area contributed by atoms with Crippen LogP contribution in [0, 0.1) is 0 Å². The number of nitrogens with zero attached hydrogens (tertiary/aromatic N) is 3. The average Bonchev–Trinajstić information content (AvgIpc) is 3.08. The first kappa shape index (κ1) is 15.6. The minimum absolute atomic E-state index is 0.109. The van der Waals surface area contributed by atoms with Crippen molar-refractivity contribution in [2.45, 2.75) is 4.90 Å². The third-order valence-corrected chi connectivity index (χ3v) is 4.34. The number of benzene rings is 2. The second kappa shape index (κ2) is 7.30. The van der Waals surface area contributed by atoms with Crippen LogP contribution in [0.5, 0.6) is 0 Å². The quantitative estimate of drug-likeness (QED) is 0.718. The van der Waals surface area contributed by atoms with Crippen molar-refractivity contribution in [1.29, 1.82) is 0 Å². The summed E-state index contributed by atoms with van der Waals surface area (Å²) in [5.74, 6) is 0.204. The Morgan fingerprint density at radius 1 is 1.17 bits per heavy atom. The molecule has 0 atom stereocenters. The van der Waals surface area contributed by atoms with E-state index in [4.69, 9.17) is 11.6 Å². The van der Waals surface area contributed by atoms with Crippen LogP contribution in [0.3, 0.4) is 0 Å². The van der Waals surface area contributed by atoms with Crippen LogP contribution >= 0.6 is 23.4 Å². The molecule has 0 saturated carbocycles. The summed E-state index contributed by atoms with van der Waals surface area (Å²) in [4.78, 5) is 17.2. The summed E-state index contributed by atoms with van der Waals surface area (Å²) in [5, 5.41) is 7.44. The van der Waals surface area contributed by atoms with E-state index in [1.165, 1.54) is 29.1 Å². The molecule has 3 aromatic rings. The highest BCUT2D eigenvalue weighted by Gasteiger charge is 2.12. The van der Waals surface area contributed by atoms with E-state index in [0.717, 1.165) is 4.90 Å². The van der Waals surface area contributed by atoms with Gasteiger partial charge in [-0.2, -0.15) is 5.10 Å². The molecule has 7 heteroatoms. The van der Waals surface area contributed by atoms with E-state index in [2.05, 4.69) is 15.4 Å². The van der Waals surface area contributed by atoms with Gasteiger partial charge in [0, 0.05) is 4.90 Å². The zero-order valence-electron chi connectivity index (χ0n) is 12.0. The Balaban J connectivity index is 1.73. The van der Waals surface area contributed by atoms with Gasteiger partial charge in [0.05, 0.1) is 16.5 Å². The highest BCUT2D eigenvalue weighted by atomic mass is 35.5. The number of aromatic nitrogens is 3. The first-order chi connectivity index (χ1) is 11.2. The zero-order chi connectivity index (χ0) is 16.1. The highest BCUT2D eigenvalue weighted by Crippen LogP contribution is 2.28. The molecule has 1 aromatic heterocycles. The highest BCUT2D eigenvalue weighted by molar-refractivity contribution is 8.00. The molecule has 1 amide bonds. The molecule has 1 heterocycles. The van der Waals surface area contributed by atoms with Gasteiger partial charge in [-0.05, 0) is 24.3 Å². The molecule has 5 nitrogen and oxygen atoms in total. The number of para-hydroxylation sites is 1. The van der Waals surface area contributed by atoms with Gasteiger partial charge in [0.2, 0.25) is 5.91 Å². The summed E-state index contributed by atoms with van der Waals surface area (Å²) >= 11 is 7.71. The predicted molar refractivity (Wildman–Crippen MR) is 92.2 cm³/mol. The molecule has 0 bridgehead atoms. The number of thioether (sulfide) groups is 1. The minimum Gasteiger partial charge on any atom is -0.323 e. The third-order valence-electron chi connectivity index (χ3n) is 3.02. The van der Waals surface area contributed by atoms with E-state index in [0.29, 0.717) is 22.2 Å². The summed E-state index contributed by atoms with van der Waals surface area (Å²) in [6, 6.07) is 15.1. The summed E-state index contributed by atoms with van der Waals surface area (Å²) < 4.78 is 1.53. The van der Waals surface area contributed by atoms with Crippen molar-refractivity contribution in [2.24, 2.45) is 0 Å². The molecule has 23 heavy (non-hydrogen) atoms. The van der Waals surface area contributed by atoms with Crippen molar-refractivity contribution in [3.63, 3.8) is 0 Å². The Labute approximate surface area is 142 Å². The molecular weight excluding hydrogens is 332 g/mol. The lowest BCUT2D eigenvalue weighted by Gasteiger charge is -2.12. The lowest BCUT2D eigenvalue weighted by molar-refractivity contribution is -0.113. The van der Waals surface area contributed by atoms with Gasteiger partial charge in [0.1, 0.15) is 18.3 Å². The Hall–Kier alpha value is -2.31. The average molecular weight is 345 g/mol. The van der Waals surface area contributed by atoms with Gasteiger partial charge in [-0.1, -0.05) is 35.9 Å². The Kier molecular flexibility index (Phi) is 4.95. The molecule has 0 unspecified atom stereocenters. The number of amides is 1. The predicted octanol–water partition coefficient (Wildman–Crippen LogP) is 3.65. The van der Waals surface area contributed by atoms with Gasteiger partial charge in [0.25, 0.3) is 0 Å². The zero-order valence-corrected chi connectivity index (χ0v) is 13.6. The van der Waals surface area contributed by atoms with Crippen molar-refractivity contribution in [3.05, 3.63) is 66.2 Å². The summed E-state index contributed by atoms with van der Waals surface area (Å²) in [6.07, 6.45) is 2.95. The van der Waals surface area contributed by atoms with Gasteiger partial charge in [0.15, 0.2) is 0 Å². The lowest BCUT2D eigenvalue weighted by Crippen LogP contribution is -2.16. The monoisotopic (exact) mass is 344 g/mol. The molecule has 1 N–H and O–H groups in total. The number of carbonyl (C=O) groups excluding carboxylic acids is 1. The van der Waals surface area contributed by atoms with Crippen LogP contribution in [0.2, 0.25) is 5.02 Å². The Morgan fingerprint density at radius 3 is 2.74 bits per heavy atom. The van der Waals surface area contributed by atoms with Gasteiger partial charge < -0.3 is 5.32 Å². The van der Waals surface area contributed by atoms with Crippen LogP contribution in [0.1, 0.15) is 0 Å². The first-order valence-corrected chi connectivity index (χ1v) is 8.21. The number of hydrogen-bond acceptors (Lipinski definition) is 4. The van der Waals surface area contributed by atoms with E-state index in [1.807, 2.05) is 30.3 Å². The number of rotatable bonds is 5. The fourth-order valence-corrected chi connectivity index (χ4v) is 3.01. The molecule has 0 aliphatic carbocycles. The van der Waals surface area contributed by atoms with Crippen LogP contribution in [0.15, 0.2) is 66.1 Å². The first-order valence-electron chi connectivity index (χ1n) is 6.85. The van der Waals surface area contributed by atoms with Crippen molar-refractivity contribution in [2.75, 3.05) is 11.1 Å². The summed E-state index contributed by atoms with van der Waals surface area (Å²) in [6.45, 7) is 0. The molecule has 0 fully saturated rings. The maximum Gasteiger partial charge on any atom is 0.234 e. The van der Waals surface area contributed by atoms with Crippen LogP contribution in [-0.4, -0.2) is 26.4 Å². The molecule has 3 rings (SSSR count). The van der Waals surface area contributed by atoms with E-state index in [1.54, 1.807) is 18.2 Å². The maximum absolute atomic E-state index is 12.2. The molecule has 2 aromatic carbocycles. The van der Waals surface area contributed by atoms with E-state index >= 15 is 0 Å². The largest absolute Gasteiger partial charge is 0.323 e. The number of anilines is 1. The number of nitrogens with one attached hydrogen (secondary N) is 1. The fourth-order valence-electron chi connectivity index (χ4n) is 2.02. The topological polar surface area (TPSA) is 59.8 Å². The van der Waals surface area contributed by atoms with Gasteiger partial charge >= 0.3 is 0 Å². The van der Waals surface area contributed by atoms with E-state index in [9.17, 15) is 4.79 Å². The molecule has 0 radical (unpaired) electrons. The molecule has 0 spiro atoms. The van der Waals surface area contributed by atoms with Gasteiger partial charge in [-0.3, -0.25) is 4.79 Å². The molecule has 0 saturated heterocycles. The van der Waals surface area contributed by atoms with E-state index in [-0.39, 0.29) is 5.91 Å². The molecule has 116 valence electrons. The SMILES string of the molecule is O=C(CSc1ccccc1)Nc1cccc(Cl)c1-n1cncn1. The van der Waals surface area contributed by atoms with Gasteiger partial charge in [-0.15, -0.1) is 11.8 Å². The van der Waals surface area contributed by atoms with Crippen molar-refractivity contribution in [1.82, 2.24) is 14.8 Å². The van der Waals surface area contributed by atoms with Gasteiger partial charge in [-0.25, -0.2) is 9.67 Å². The number of halogens is 1. The number of hydrogen-bond donors (Lipinski definition) is 1. The third kappa shape index (κ3) is 3.91. The Bertz CT molecular complexity index is 793. The Morgan fingerprint density at radius 2 is 2.00 bits per heavy atom. The second-order valence-corrected chi connectivity index (χ2v) is 6.08. The number of carbonyl (C=O) groups is 1. The maximum atomic E-state index is 12.2. The van der Waals surface area contributed by atoms with Crippen LogP contribution in [0.25, 0.3) is 5.69 Å². The van der Waals surface area contributed by atoms with Crippen LogP contribution in [0.4, 0.5) is 5.69 Å². The molecule has 0 aliphatic rings. The fraction of sp³-hybridized carbons (Fsp3) is 0.0625. The van der Waals surface area contributed by atoms with E-state index < -0.39 is 0 Å². The summed E-state index contributed by atoms with van der Waals surface area (Å²) in [5.41, 5.74) is 1.20. The smallest absolute Gasteiger partial charge is 0.234 e. The minimum atomic E-state index is -0.109. The standard InChI is InChI=1S/C16H13ClN4OS/c17-13-7-4-8-14(16(13)21-11-18-10-19-21)20-15(22)9-23-12-5-2-1-3-6-12/h1-8,10-11H,9H2,(H,20,22). The van der Waals surface area contributed by atoms with Crippen LogP contribution in [-0.2, 0) is 4.79 Å². The normalized spacial score (nSPS) is 10.5.